The van der Waals surface area contributed by atoms with E-state index in [2.05, 4.69) is 91.1 Å². The van der Waals surface area contributed by atoms with Crippen LogP contribution in [0, 0.1) is 0 Å². The SMILES string of the molecule is CCN1/C(=C/C=C/c2n(CC)c3cc(Cl)c(Cl)cc3[n+]2CC)C(C)(C)c2ccccc21. The minimum absolute atomic E-state index is 0.0316. The maximum absolute atomic E-state index is 6.33. The van der Waals surface area contributed by atoms with Crippen LogP contribution in [0.15, 0.2) is 54.2 Å². The highest BCUT2D eigenvalue weighted by atomic mass is 35.5. The topological polar surface area (TPSA) is 12.1 Å². The van der Waals surface area contributed by atoms with Gasteiger partial charge in [-0.25, -0.2) is 9.13 Å². The molecule has 31 heavy (non-hydrogen) atoms. The summed E-state index contributed by atoms with van der Waals surface area (Å²) in [6, 6.07) is 12.7. The Labute approximate surface area is 195 Å². The van der Waals surface area contributed by atoms with Crippen molar-refractivity contribution in [2.24, 2.45) is 0 Å². The molecular formula is C26H30Cl2N3+. The molecule has 4 rings (SSSR count). The zero-order valence-electron chi connectivity index (χ0n) is 18.9. The van der Waals surface area contributed by atoms with Crippen molar-refractivity contribution in [3.05, 3.63) is 75.7 Å². The molecule has 0 atom stereocenters. The van der Waals surface area contributed by atoms with Crippen molar-refractivity contribution in [3.8, 4) is 0 Å². The second kappa shape index (κ2) is 8.37. The van der Waals surface area contributed by atoms with Gasteiger partial charge in [-0.05, 0) is 38.5 Å². The maximum Gasteiger partial charge on any atom is 0.282 e. The van der Waals surface area contributed by atoms with Gasteiger partial charge in [-0.15, -0.1) is 0 Å². The number of hydrogen-bond donors (Lipinski definition) is 0. The first kappa shape index (κ1) is 22.0. The van der Waals surface area contributed by atoms with E-state index < -0.39 is 0 Å². The van der Waals surface area contributed by atoms with E-state index in [9.17, 15) is 0 Å². The van der Waals surface area contributed by atoms with Gasteiger partial charge in [0.25, 0.3) is 5.82 Å². The fraction of sp³-hybridized carbons (Fsp3) is 0.346. The highest BCUT2D eigenvalue weighted by Gasteiger charge is 2.38. The quantitative estimate of drug-likeness (QED) is 0.378. The van der Waals surface area contributed by atoms with Gasteiger partial charge in [0.15, 0.2) is 11.0 Å². The number of aryl methyl sites for hydroxylation is 2. The average molecular weight is 455 g/mol. The third kappa shape index (κ3) is 3.48. The number of anilines is 1. The van der Waals surface area contributed by atoms with Crippen molar-refractivity contribution >= 4 is 46.0 Å². The Morgan fingerprint density at radius 1 is 1.00 bits per heavy atom. The van der Waals surface area contributed by atoms with E-state index in [0.29, 0.717) is 10.0 Å². The van der Waals surface area contributed by atoms with Gasteiger partial charge in [-0.3, -0.25) is 0 Å². The zero-order valence-corrected chi connectivity index (χ0v) is 20.4. The molecule has 0 aliphatic carbocycles. The second-order valence-corrected chi connectivity index (χ2v) is 9.21. The highest BCUT2D eigenvalue weighted by molar-refractivity contribution is 6.42. The van der Waals surface area contributed by atoms with E-state index >= 15 is 0 Å². The minimum atomic E-state index is -0.0316. The van der Waals surface area contributed by atoms with Crippen LogP contribution in [0.2, 0.25) is 10.0 Å². The first-order chi connectivity index (χ1) is 14.8. The molecule has 0 amide bonds. The minimum Gasteiger partial charge on any atom is -0.344 e. The molecule has 0 saturated heterocycles. The van der Waals surface area contributed by atoms with Gasteiger partial charge < -0.3 is 4.90 Å². The number of nitrogens with zero attached hydrogens (tertiary/aromatic N) is 3. The number of allylic oxidation sites excluding steroid dienone is 3. The normalized spacial score (nSPS) is 16.7. The monoisotopic (exact) mass is 454 g/mol. The molecule has 2 heterocycles. The lowest BCUT2D eigenvalue weighted by molar-refractivity contribution is -0.670. The van der Waals surface area contributed by atoms with Crippen LogP contribution in [0.3, 0.4) is 0 Å². The molecule has 0 saturated carbocycles. The predicted molar refractivity (Wildman–Crippen MR) is 133 cm³/mol. The summed E-state index contributed by atoms with van der Waals surface area (Å²) < 4.78 is 4.59. The molecule has 5 heteroatoms. The van der Waals surface area contributed by atoms with Crippen LogP contribution >= 0.6 is 23.2 Å². The number of likely N-dealkylation sites (N-methyl/N-ethyl adjacent to an activating group) is 1. The molecule has 2 aromatic carbocycles. The Bertz CT molecular complexity index is 1150. The molecule has 3 nitrogen and oxygen atoms in total. The molecule has 1 aromatic heterocycles. The lowest BCUT2D eigenvalue weighted by Gasteiger charge is -2.25. The van der Waals surface area contributed by atoms with Crippen molar-refractivity contribution in [2.45, 2.75) is 53.1 Å². The van der Waals surface area contributed by atoms with Crippen LogP contribution < -0.4 is 9.47 Å². The number of benzene rings is 2. The summed E-state index contributed by atoms with van der Waals surface area (Å²) in [7, 11) is 0. The van der Waals surface area contributed by atoms with Crippen molar-refractivity contribution in [3.63, 3.8) is 0 Å². The molecule has 3 aromatic rings. The first-order valence-corrected chi connectivity index (χ1v) is 11.8. The molecule has 0 N–H and O–H groups in total. The van der Waals surface area contributed by atoms with Crippen LogP contribution in [0.1, 0.15) is 46.0 Å². The average Bonchev–Trinajstić information content (AvgIpc) is 3.16. The Balaban J connectivity index is 1.81. The summed E-state index contributed by atoms with van der Waals surface area (Å²) >= 11 is 12.7. The van der Waals surface area contributed by atoms with Crippen molar-refractivity contribution < 1.29 is 4.57 Å². The molecule has 162 valence electrons. The van der Waals surface area contributed by atoms with Gasteiger partial charge in [0.2, 0.25) is 0 Å². The lowest BCUT2D eigenvalue weighted by Crippen LogP contribution is -2.35. The Morgan fingerprint density at radius 3 is 2.39 bits per heavy atom. The van der Waals surface area contributed by atoms with E-state index in [-0.39, 0.29) is 5.41 Å². The van der Waals surface area contributed by atoms with Crippen molar-refractivity contribution in [1.82, 2.24) is 4.57 Å². The maximum atomic E-state index is 6.33. The van der Waals surface area contributed by atoms with E-state index in [1.807, 2.05) is 12.1 Å². The molecule has 0 spiro atoms. The summed E-state index contributed by atoms with van der Waals surface area (Å²) in [5.41, 5.74) is 6.19. The Kier molecular flexibility index (Phi) is 5.93. The molecule has 0 fully saturated rings. The number of hydrogen-bond acceptors (Lipinski definition) is 1. The third-order valence-corrected chi connectivity index (χ3v) is 7.12. The number of para-hydroxylation sites is 1. The molecule has 0 unspecified atom stereocenters. The van der Waals surface area contributed by atoms with E-state index in [0.717, 1.165) is 36.5 Å². The van der Waals surface area contributed by atoms with Gasteiger partial charge in [-0.2, -0.15) is 0 Å². The smallest absolute Gasteiger partial charge is 0.282 e. The van der Waals surface area contributed by atoms with Crippen LogP contribution in [-0.2, 0) is 18.5 Å². The van der Waals surface area contributed by atoms with Crippen LogP contribution in [0.5, 0.6) is 0 Å². The fourth-order valence-corrected chi connectivity index (χ4v) is 5.22. The molecular weight excluding hydrogens is 425 g/mol. The van der Waals surface area contributed by atoms with E-state index in [1.165, 1.54) is 16.9 Å². The summed E-state index contributed by atoms with van der Waals surface area (Å²) in [5, 5.41) is 1.18. The van der Waals surface area contributed by atoms with Crippen LogP contribution in [0.4, 0.5) is 5.69 Å². The van der Waals surface area contributed by atoms with Gasteiger partial charge in [0, 0.05) is 41.6 Å². The summed E-state index contributed by atoms with van der Waals surface area (Å²) in [6.07, 6.45) is 6.65. The standard InChI is InChI=1S/C26H30Cl2N3/c1-6-29-21-13-10-9-12-18(21)26(4,5)24(29)14-11-15-25-30(7-2)22-16-19(27)20(28)17-23(22)31(25)8-3/h9-17H,6-8H2,1-5H3/q+1. The number of halogens is 2. The molecule has 1 aliphatic heterocycles. The van der Waals surface area contributed by atoms with Gasteiger partial charge in [0.1, 0.15) is 0 Å². The number of imidazole rings is 1. The summed E-state index contributed by atoms with van der Waals surface area (Å²) in [4.78, 5) is 2.42. The highest BCUT2D eigenvalue weighted by Crippen LogP contribution is 2.47. The molecule has 0 radical (unpaired) electrons. The van der Waals surface area contributed by atoms with Gasteiger partial charge >= 0.3 is 0 Å². The summed E-state index contributed by atoms with van der Waals surface area (Å²) in [6.45, 7) is 13.8. The fourth-order valence-electron chi connectivity index (χ4n) is 4.90. The van der Waals surface area contributed by atoms with Crippen molar-refractivity contribution in [1.29, 1.82) is 0 Å². The Morgan fingerprint density at radius 2 is 1.71 bits per heavy atom. The molecule has 1 aliphatic rings. The van der Waals surface area contributed by atoms with Gasteiger partial charge in [-0.1, -0.05) is 61.3 Å². The van der Waals surface area contributed by atoms with E-state index in [4.69, 9.17) is 23.2 Å². The Hall–Kier alpha value is -2.23. The van der Waals surface area contributed by atoms with Crippen LogP contribution in [0.25, 0.3) is 17.1 Å². The number of fused-ring (bicyclic) bond motifs is 2. The number of rotatable bonds is 5. The van der Waals surface area contributed by atoms with Crippen LogP contribution in [-0.4, -0.2) is 11.1 Å². The second-order valence-electron chi connectivity index (χ2n) is 8.40. The lowest BCUT2D eigenvalue weighted by atomic mass is 9.84. The van der Waals surface area contributed by atoms with Crippen molar-refractivity contribution in [2.75, 3.05) is 11.4 Å². The predicted octanol–water partition coefficient (Wildman–Crippen LogP) is 6.99. The third-order valence-electron chi connectivity index (χ3n) is 6.40. The zero-order chi connectivity index (χ0) is 22.3. The first-order valence-electron chi connectivity index (χ1n) is 11.0. The van der Waals surface area contributed by atoms with E-state index in [1.54, 1.807) is 0 Å². The molecule has 0 bridgehead atoms. The largest absolute Gasteiger partial charge is 0.344 e. The van der Waals surface area contributed by atoms with Gasteiger partial charge in [0.05, 0.1) is 23.1 Å². The number of aromatic nitrogens is 2. The summed E-state index contributed by atoms with van der Waals surface area (Å²) in [5.74, 6) is 1.14.